The van der Waals surface area contributed by atoms with Crippen LogP contribution >= 0.6 is 0 Å². The number of carbonyl (C=O) groups is 1. The normalized spacial score (nSPS) is 10.4. The fourth-order valence-electron chi connectivity index (χ4n) is 2.95. The van der Waals surface area contributed by atoms with E-state index in [2.05, 4.69) is 6.92 Å². The minimum atomic E-state index is -0.0578. The first kappa shape index (κ1) is 20.5. The van der Waals surface area contributed by atoms with Crippen molar-refractivity contribution in [2.24, 2.45) is 0 Å². The number of ether oxygens (including phenoxy) is 2. The summed E-state index contributed by atoms with van der Waals surface area (Å²) >= 11 is 0. The van der Waals surface area contributed by atoms with E-state index in [1.54, 1.807) is 0 Å². The summed E-state index contributed by atoms with van der Waals surface area (Å²) in [5.41, 5.74) is 2.18. The average molecular weight is 389 g/mol. The van der Waals surface area contributed by atoms with Gasteiger partial charge < -0.3 is 14.4 Å². The van der Waals surface area contributed by atoms with E-state index in [1.165, 1.54) is 0 Å². The summed E-state index contributed by atoms with van der Waals surface area (Å²) in [5.74, 6) is 1.33. The van der Waals surface area contributed by atoms with E-state index in [0.717, 1.165) is 23.3 Å². The lowest BCUT2D eigenvalue weighted by Gasteiger charge is -2.23. The van der Waals surface area contributed by atoms with Crippen LogP contribution in [0, 0.1) is 0 Å². The van der Waals surface area contributed by atoms with Gasteiger partial charge in [0.05, 0.1) is 6.61 Å². The van der Waals surface area contributed by atoms with Gasteiger partial charge in [0.2, 0.25) is 0 Å². The summed E-state index contributed by atoms with van der Waals surface area (Å²) in [6.07, 6.45) is 0.942. The lowest BCUT2D eigenvalue weighted by molar-refractivity contribution is -0.134. The van der Waals surface area contributed by atoms with Crippen molar-refractivity contribution in [3.05, 3.63) is 96.1 Å². The minimum absolute atomic E-state index is 0.0170. The van der Waals surface area contributed by atoms with Gasteiger partial charge in [-0.15, -0.1) is 0 Å². The molecule has 0 radical (unpaired) electrons. The molecule has 1 amide bonds. The second-order valence-electron chi connectivity index (χ2n) is 6.83. The van der Waals surface area contributed by atoms with Crippen LogP contribution in [-0.4, -0.2) is 24.0 Å². The van der Waals surface area contributed by atoms with Gasteiger partial charge in [0.15, 0.2) is 6.61 Å². The molecule has 0 N–H and O–H groups in total. The summed E-state index contributed by atoms with van der Waals surface area (Å²) < 4.78 is 11.4. The molecule has 0 heterocycles. The second-order valence-corrected chi connectivity index (χ2v) is 6.83. The predicted molar refractivity (Wildman–Crippen MR) is 115 cm³/mol. The summed E-state index contributed by atoms with van der Waals surface area (Å²) in [5, 5.41) is 0. The van der Waals surface area contributed by atoms with Crippen LogP contribution in [0.3, 0.4) is 0 Å². The summed E-state index contributed by atoms with van der Waals surface area (Å²) in [6, 6.07) is 27.4. The van der Waals surface area contributed by atoms with E-state index in [-0.39, 0.29) is 12.5 Å². The fourth-order valence-corrected chi connectivity index (χ4v) is 2.95. The van der Waals surface area contributed by atoms with Crippen molar-refractivity contribution in [2.45, 2.75) is 26.4 Å². The topological polar surface area (TPSA) is 38.8 Å². The number of benzene rings is 3. The Balaban J connectivity index is 1.66. The highest BCUT2D eigenvalue weighted by Gasteiger charge is 2.15. The van der Waals surface area contributed by atoms with Crippen LogP contribution in [0.4, 0.5) is 0 Å². The Labute approximate surface area is 172 Å². The van der Waals surface area contributed by atoms with Gasteiger partial charge in [0, 0.05) is 19.2 Å². The molecule has 0 saturated heterocycles. The molecule has 0 atom stereocenters. The molecule has 0 saturated carbocycles. The zero-order valence-corrected chi connectivity index (χ0v) is 16.8. The van der Waals surface area contributed by atoms with Crippen molar-refractivity contribution in [1.29, 1.82) is 0 Å². The van der Waals surface area contributed by atoms with Gasteiger partial charge in [-0.1, -0.05) is 73.7 Å². The Morgan fingerprint density at radius 2 is 1.31 bits per heavy atom. The van der Waals surface area contributed by atoms with Gasteiger partial charge >= 0.3 is 0 Å². The lowest BCUT2D eigenvalue weighted by atomic mass is 10.1. The number of amides is 1. The molecule has 29 heavy (non-hydrogen) atoms. The standard InChI is InChI=1S/C25H27NO3/c1-2-16-28-23-14-9-15-24(17-23)29-20-25(27)26(18-21-10-5-3-6-11-21)19-22-12-7-4-8-13-22/h3-15,17H,2,16,18-20H2,1H3. The van der Waals surface area contributed by atoms with Gasteiger partial charge in [-0.05, 0) is 29.7 Å². The zero-order valence-electron chi connectivity index (χ0n) is 16.8. The highest BCUT2D eigenvalue weighted by molar-refractivity contribution is 5.77. The van der Waals surface area contributed by atoms with Crippen LogP contribution in [0.15, 0.2) is 84.9 Å². The van der Waals surface area contributed by atoms with E-state index < -0.39 is 0 Å². The van der Waals surface area contributed by atoms with Crippen LogP contribution in [0.2, 0.25) is 0 Å². The molecule has 3 rings (SSSR count). The third-order valence-electron chi connectivity index (χ3n) is 4.43. The van der Waals surface area contributed by atoms with Crippen LogP contribution in [0.5, 0.6) is 11.5 Å². The van der Waals surface area contributed by atoms with E-state index in [0.29, 0.717) is 25.4 Å². The van der Waals surface area contributed by atoms with Crippen LogP contribution in [0.25, 0.3) is 0 Å². The second kappa shape index (κ2) is 10.9. The summed E-state index contributed by atoms with van der Waals surface area (Å²) in [7, 11) is 0. The molecule has 0 aliphatic heterocycles. The first-order valence-corrected chi connectivity index (χ1v) is 9.96. The number of rotatable bonds is 10. The quantitative estimate of drug-likeness (QED) is 0.485. The molecule has 4 heteroatoms. The largest absolute Gasteiger partial charge is 0.493 e. The average Bonchev–Trinajstić information content (AvgIpc) is 2.77. The van der Waals surface area contributed by atoms with E-state index in [9.17, 15) is 4.79 Å². The van der Waals surface area contributed by atoms with Crippen LogP contribution < -0.4 is 9.47 Å². The molecule has 0 unspecified atom stereocenters. The highest BCUT2D eigenvalue weighted by atomic mass is 16.5. The minimum Gasteiger partial charge on any atom is -0.493 e. The van der Waals surface area contributed by atoms with Crippen molar-refractivity contribution in [1.82, 2.24) is 4.90 Å². The molecular formula is C25H27NO3. The SMILES string of the molecule is CCCOc1cccc(OCC(=O)N(Cc2ccccc2)Cc2ccccc2)c1. The van der Waals surface area contributed by atoms with Gasteiger partial charge in [0.25, 0.3) is 5.91 Å². The Hall–Kier alpha value is -3.27. The van der Waals surface area contributed by atoms with Crippen molar-refractivity contribution < 1.29 is 14.3 Å². The molecule has 0 aliphatic rings. The van der Waals surface area contributed by atoms with Gasteiger partial charge in [-0.3, -0.25) is 4.79 Å². The maximum absolute atomic E-state index is 13.0. The molecule has 0 aromatic heterocycles. The van der Waals surface area contributed by atoms with Gasteiger partial charge in [-0.25, -0.2) is 0 Å². The van der Waals surface area contributed by atoms with E-state index >= 15 is 0 Å². The summed E-state index contributed by atoms with van der Waals surface area (Å²) in [4.78, 5) is 14.8. The maximum atomic E-state index is 13.0. The Morgan fingerprint density at radius 3 is 1.86 bits per heavy atom. The van der Waals surface area contributed by atoms with Crippen molar-refractivity contribution in [2.75, 3.05) is 13.2 Å². The first-order valence-electron chi connectivity index (χ1n) is 9.96. The molecule has 0 bridgehead atoms. The van der Waals surface area contributed by atoms with E-state index in [1.807, 2.05) is 89.8 Å². The fraction of sp³-hybridized carbons (Fsp3) is 0.240. The van der Waals surface area contributed by atoms with Crippen molar-refractivity contribution in [3.8, 4) is 11.5 Å². The molecule has 0 spiro atoms. The number of carbonyl (C=O) groups excluding carboxylic acids is 1. The molecule has 150 valence electrons. The van der Waals surface area contributed by atoms with Crippen molar-refractivity contribution in [3.63, 3.8) is 0 Å². The smallest absolute Gasteiger partial charge is 0.261 e. The lowest BCUT2D eigenvalue weighted by Crippen LogP contribution is -2.34. The van der Waals surface area contributed by atoms with Crippen LogP contribution in [-0.2, 0) is 17.9 Å². The zero-order chi connectivity index (χ0) is 20.3. The summed E-state index contributed by atoms with van der Waals surface area (Å²) in [6.45, 7) is 3.78. The van der Waals surface area contributed by atoms with E-state index in [4.69, 9.17) is 9.47 Å². The molecule has 3 aromatic rings. The molecular weight excluding hydrogens is 362 g/mol. The maximum Gasteiger partial charge on any atom is 0.261 e. The van der Waals surface area contributed by atoms with Crippen LogP contribution in [0.1, 0.15) is 24.5 Å². The number of nitrogens with zero attached hydrogens (tertiary/aromatic N) is 1. The number of hydrogen-bond acceptors (Lipinski definition) is 3. The third kappa shape index (κ3) is 6.68. The molecule has 0 aliphatic carbocycles. The first-order chi connectivity index (χ1) is 14.2. The number of hydrogen-bond donors (Lipinski definition) is 0. The van der Waals surface area contributed by atoms with Gasteiger partial charge in [0.1, 0.15) is 11.5 Å². The monoisotopic (exact) mass is 389 g/mol. The molecule has 3 aromatic carbocycles. The third-order valence-corrected chi connectivity index (χ3v) is 4.43. The molecule has 0 fully saturated rings. The predicted octanol–water partition coefficient (Wildman–Crippen LogP) is 5.08. The van der Waals surface area contributed by atoms with Gasteiger partial charge in [-0.2, -0.15) is 0 Å². The Bertz CT molecular complexity index is 839. The highest BCUT2D eigenvalue weighted by Crippen LogP contribution is 2.20. The Morgan fingerprint density at radius 1 is 0.759 bits per heavy atom. The van der Waals surface area contributed by atoms with Crippen molar-refractivity contribution >= 4 is 5.91 Å². The molecule has 4 nitrogen and oxygen atoms in total. The Kier molecular flexibility index (Phi) is 7.70.